The van der Waals surface area contributed by atoms with Gasteiger partial charge in [-0.25, -0.2) is 4.98 Å². The van der Waals surface area contributed by atoms with Crippen LogP contribution in [0.25, 0.3) is 0 Å². The maximum Gasteiger partial charge on any atom is 0.123 e. The van der Waals surface area contributed by atoms with E-state index in [1.165, 1.54) is 5.19 Å². The zero-order valence-electron chi connectivity index (χ0n) is 7.66. The molecule has 0 atom stereocenters. The summed E-state index contributed by atoms with van der Waals surface area (Å²) in [5.74, 6) is 0.630. The van der Waals surface area contributed by atoms with Crippen LogP contribution in [-0.2, 0) is 0 Å². The molecule has 0 saturated carbocycles. The van der Waals surface area contributed by atoms with Crippen molar-refractivity contribution in [2.45, 2.75) is 19.6 Å². The average molecular weight is 247 g/mol. The molecule has 0 spiro atoms. The molecule has 0 fully saturated rings. The molecule has 2 nitrogen and oxygen atoms in total. The van der Waals surface area contributed by atoms with Crippen molar-refractivity contribution in [2.24, 2.45) is 0 Å². The van der Waals surface area contributed by atoms with E-state index < -0.39 is 8.07 Å². The lowest BCUT2D eigenvalue weighted by molar-refractivity contribution is 1.35. The van der Waals surface area contributed by atoms with E-state index >= 15 is 0 Å². The predicted molar refractivity (Wildman–Crippen MR) is 62.0 cm³/mol. The molecule has 0 aliphatic heterocycles. The molecule has 2 N–H and O–H groups in total. The minimum absolute atomic E-state index is 0. The minimum Gasteiger partial charge on any atom is -0.384 e. The van der Waals surface area contributed by atoms with Gasteiger partial charge in [-0.1, -0.05) is 24.8 Å². The molecule has 0 bridgehead atoms. The van der Waals surface area contributed by atoms with E-state index in [0.717, 1.165) is 0 Å². The van der Waals surface area contributed by atoms with Crippen LogP contribution in [0.4, 0.5) is 5.82 Å². The third-order valence-corrected chi connectivity index (χ3v) is 3.69. The lowest BCUT2D eigenvalue weighted by atomic mass is 10.5. The molecule has 68 valence electrons. The van der Waals surface area contributed by atoms with Crippen molar-refractivity contribution in [3.05, 3.63) is 18.3 Å². The van der Waals surface area contributed by atoms with Crippen molar-refractivity contribution >= 4 is 36.1 Å². The third-order valence-electron chi connectivity index (χ3n) is 1.65. The van der Waals surface area contributed by atoms with Crippen LogP contribution in [0.3, 0.4) is 0 Å². The summed E-state index contributed by atoms with van der Waals surface area (Å²) in [6.45, 7) is 6.88. The number of halogens is 1. The van der Waals surface area contributed by atoms with Gasteiger partial charge in [-0.15, -0.1) is 17.0 Å². The zero-order chi connectivity index (χ0) is 8.48. The van der Waals surface area contributed by atoms with Crippen LogP contribution in [-0.4, -0.2) is 13.1 Å². The number of hydrogen-bond donors (Lipinski definition) is 1. The van der Waals surface area contributed by atoms with Gasteiger partial charge in [0.1, 0.15) is 5.82 Å². The van der Waals surface area contributed by atoms with Gasteiger partial charge in [-0.3, -0.25) is 0 Å². The number of nitrogen functional groups attached to an aromatic ring is 1. The van der Waals surface area contributed by atoms with Crippen molar-refractivity contribution < 1.29 is 0 Å². The quantitative estimate of drug-likeness (QED) is 0.768. The molecule has 1 aromatic rings. The first-order chi connectivity index (χ1) is 5.00. The number of hydrogen-bond acceptors (Lipinski definition) is 2. The Kier molecular flexibility index (Phi) is 3.93. The van der Waals surface area contributed by atoms with Gasteiger partial charge < -0.3 is 5.73 Å². The molecular formula is C8H15BrN2Si. The Bertz CT molecular complexity index is 257. The van der Waals surface area contributed by atoms with Crippen LogP contribution in [0.5, 0.6) is 0 Å². The topological polar surface area (TPSA) is 38.9 Å². The van der Waals surface area contributed by atoms with E-state index in [1.54, 1.807) is 6.20 Å². The van der Waals surface area contributed by atoms with Gasteiger partial charge >= 0.3 is 0 Å². The first-order valence-electron chi connectivity index (χ1n) is 3.72. The van der Waals surface area contributed by atoms with Gasteiger partial charge in [-0.05, 0) is 12.1 Å². The van der Waals surface area contributed by atoms with E-state index in [1.807, 2.05) is 6.07 Å². The smallest absolute Gasteiger partial charge is 0.123 e. The largest absolute Gasteiger partial charge is 0.384 e. The van der Waals surface area contributed by atoms with Crippen LogP contribution in [0.1, 0.15) is 0 Å². The maximum absolute atomic E-state index is 5.57. The summed E-state index contributed by atoms with van der Waals surface area (Å²) in [5, 5.41) is 1.37. The standard InChI is InChI=1S/C8H14N2Si.BrH/c1-11(2,3)7-4-5-10-8(9)6-7;/h4-6H,1-3H3,(H2,9,10);1H. The Labute approximate surface area is 85.0 Å². The van der Waals surface area contributed by atoms with Gasteiger partial charge in [0.2, 0.25) is 0 Å². The molecule has 0 unspecified atom stereocenters. The normalized spacial score (nSPS) is 10.6. The molecule has 0 aliphatic rings. The van der Waals surface area contributed by atoms with E-state index in [9.17, 15) is 0 Å². The van der Waals surface area contributed by atoms with E-state index in [4.69, 9.17) is 5.73 Å². The fourth-order valence-corrected chi connectivity index (χ4v) is 2.07. The van der Waals surface area contributed by atoms with Crippen molar-refractivity contribution in [1.29, 1.82) is 0 Å². The first-order valence-corrected chi connectivity index (χ1v) is 7.22. The lowest BCUT2D eigenvalue weighted by Crippen LogP contribution is -2.37. The zero-order valence-corrected chi connectivity index (χ0v) is 10.4. The van der Waals surface area contributed by atoms with Gasteiger partial charge in [0.05, 0.1) is 8.07 Å². The number of nitrogens with two attached hydrogens (primary N) is 1. The van der Waals surface area contributed by atoms with Crippen molar-refractivity contribution in [3.63, 3.8) is 0 Å². The van der Waals surface area contributed by atoms with Crippen LogP contribution >= 0.6 is 17.0 Å². The number of aromatic nitrogens is 1. The molecule has 0 aliphatic carbocycles. The highest BCUT2D eigenvalue weighted by Crippen LogP contribution is 2.02. The summed E-state index contributed by atoms with van der Waals surface area (Å²) < 4.78 is 0. The van der Waals surface area contributed by atoms with Crippen LogP contribution in [0, 0.1) is 0 Å². The van der Waals surface area contributed by atoms with E-state index in [-0.39, 0.29) is 17.0 Å². The van der Waals surface area contributed by atoms with Crippen LogP contribution in [0.15, 0.2) is 18.3 Å². The van der Waals surface area contributed by atoms with E-state index in [2.05, 4.69) is 30.7 Å². The second kappa shape index (κ2) is 4.05. The summed E-state index contributed by atoms with van der Waals surface area (Å²) in [7, 11) is -1.18. The molecule has 0 amide bonds. The van der Waals surface area contributed by atoms with Crippen LogP contribution < -0.4 is 10.9 Å². The van der Waals surface area contributed by atoms with Crippen molar-refractivity contribution in [1.82, 2.24) is 4.98 Å². The average Bonchev–Trinajstić information content (AvgIpc) is 1.86. The van der Waals surface area contributed by atoms with Crippen molar-refractivity contribution in [3.8, 4) is 0 Å². The number of anilines is 1. The summed E-state index contributed by atoms with van der Waals surface area (Å²) >= 11 is 0. The monoisotopic (exact) mass is 246 g/mol. The van der Waals surface area contributed by atoms with Gasteiger partial charge in [0, 0.05) is 6.20 Å². The fraction of sp³-hybridized carbons (Fsp3) is 0.375. The molecule has 12 heavy (non-hydrogen) atoms. The Balaban J connectivity index is 0.00000121. The Morgan fingerprint density at radius 1 is 1.33 bits per heavy atom. The van der Waals surface area contributed by atoms with E-state index in [0.29, 0.717) is 5.82 Å². The second-order valence-electron chi connectivity index (χ2n) is 3.72. The summed E-state index contributed by atoms with van der Waals surface area (Å²) in [6, 6.07) is 4.04. The highest BCUT2D eigenvalue weighted by molar-refractivity contribution is 8.93. The summed E-state index contributed by atoms with van der Waals surface area (Å²) in [4.78, 5) is 3.95. The highest BCUT2D eigenvalue weighted by atomic mass is 79.9. The molecule has 1 aromatic heterocycles. The third kappa shape index (κ3) is 2.95. The van der Waals surface area contributed by atoms with Crippen molar-refractivity contribution in [2.75, 3.05) is 5.73 Å². The van der Waals surface area contributed by atoms with Gasteiger partial charge in [0.15, 0.2) is 0 Å². The van der Waals surface area contributed by atoms with Crippen LogP contribution in [0.2, 0.25) is 19.6 Å². The molecule has 0 radical (unpaired) electrons. The molecule has 1 rings (SSSR count). The Morgan fingerprint density at radius 3 is 2.25 bits per heavy atom. The highest BCUT2D eigenvalue weighted by Gasteiger charge is 2.15. The first kappa shape index (κ1) is 11.6. The SMILES string of the molecule is Br.C[Si](C)(C)c1ccnc(N)c1. The minimum atomic E-state index is -1.18. The summed E-state index contributed by atoms with van der Waals surface area (Å²) in [6.07, 6.45) is 1.78. The van der Waals surface area contributed by atoms with Gasteiger partial charge in [-0.2, -0.15) is 0 Å². The lowest BCUT2D eigenvalue weighted by Gasteiger charge is -2.15. The molecule has 0 saturated heterocycles. The predicted octanol–water partition coefficient (Wildman–Crippen LogP) is 1.79. The Hall–Kier alpha value is -0.353. The fourth-order valence-electron chi connectivity index (χ4n) is 0.915. The molecule has 1 heterocycles. The second-order valence-corrected chi connectivity index (χ2v) is 8.80. The maximum atomic E-state index is 5.57. The number of pyridine rings is 1. The molecular weight excluding hydrogens is 232 g/mol. The number of nitrogens with zero attached hydrogens (tertiary/aromatic N) is 1. The molecule has 0 aromatic carbocycles. The summed E-state index contributed by atoms with van der Waals surface area (Å²) in [5.41, 5.74) is 5.57. The number of rotatable bonds is 1. The Morgan fingerprint density at radius 2 is 1.92 bits per heavy atom. The van der Waals surface area contributed by atoms with Gasteiger partial charge in [0.25, 0.3) is 0 Å². The molecule has 4 heteroatoms.